The molecule has 0 bridgehead atoms. The summed E-state index contributed by atoms with van der Waals surface area (Å²) in [6.45, 7) is 4.92. The van der Waals surface area contributed by atoms with E-state index in [2.05, 4.69) is 31.9 Å². The molecule has 15 heteroatoms. The van der Waals surface area contributed by atoms with Crippen molar-refractivity contribution in [2.75, 3.05) is 70.3 Å². The van der Waals surface area contributed by atoms with Crippen LogP contribution >= 0.6 is 24.0 Å². The number of benzene rings is 1. The fourth-order valence-corrected chi connectivity index (χ4v) is 6.53. The number of nitrogens with one attached hydrogen (secondary N) is 6. The lowest BCUT2D eigenvalue weighted by atomic mass is 10.0. The molecule has 0 aliphatic carbocycles. The van der Waals surface area contributed by atoms with Crippen molar-refractivity contribution in [2.24, 2.45) is 5.73 Å². The Labute approximate surface area is 275 Å². The SMILES string of the molecule is NCCCOCCOCCOCCCNC(=O)CNC(=S)Nc1ccc(CNC(=O)CCCC[C@@H]2SC[C@@H]3NC(=O)N[C@@H]32)cc1. The summed E-state index contributed by atoms with van der Waals surface area (Å²) in [7, 11) is 0. The van der Waals surface area contributed by atoms with Gasteiger partial charge in [-0.2, -0.15) is 11.8 Å². The van der Waals surface area contributed by atoms with Crippen LogP contribution in [0.4, 0.5) is 10.5 Å². The minimum atomic E-state index is -0.158. The van der Waals surface area contributed by atoms with E-state index >= 15 is 0 Å². The van der Waals surface area contributed by atoms with Crippen molar-refractivity contribution >= 4 is 52.6 Å². The van der Waals surface area contributed by atoms with Crippen LogP contribution in [-0.2, 0) is 30.3 Å². The second-order valence-corrected chi connectivity index (χ2v) is 12.5. The zero-order valence-corrected chi connectivity index (χ0v) is 27.5. The average molecular weight is 668 g/mol. The normalized spacial score (nSPS) is 18.5. The number of thiocarbonyl (C=S) groups is 1. The highest BCUT2D eigenvalue weighted by atomic mass is 32.2. The van der Waals surface area contributed by atoms with Crippen LogP contribution < -0.4 is 37.6 Å². The van der Waals surface area contributed by atoms with Gasteiger partial charge in [0.05, 0.1) is 45.1 Å². The van der Waals surface area contributed by atoms with Gasteiger partial charge in [0, 0.05) is 49.4 Å². The van der Waals surface area contributed by atoms with Crippen molar-refractivity contribution in [1.29, 1.82) is 0 Å². The van der Waals surface area contributed by atoms with Crippen LogP contribution in [0.2, 0.25) is 0 Å². The van der Waals surface area contributed by atoms with Crippen molar-refractivity contribution in [3.05, 3.63) is 29.8 Å². The molecular formula is C30H49N7O6S2. The molecule has 0 aromatic heterocycles. The van der Waals surface area contributed by atoms with E-state index < -0.39 is 0 Å². The minimum Gasteiger partial charge on any atom is -0.379 e. The summed E-state index contributed by atoms with van der Waals surface area (Å²) >= 11 is 7.19. The van der Waals surface area contributed by atoms with Gasteiger partial charge in [-0.1, -0.05) is 18.6 Å². The van der Waals surface area contributed by atoms with E-state index in [0.717, 1.165) is 42.7 Å². The number of hydrogen-bond acceptors (Lipinski definition) is 9. The monoisotopic (exact) mass is 667 g/mol. The Morgan fingerprint density at radius 1 is 0.889 bits per heavy atom. The third-order valence-corrected chi connectivity index (χ3v) is 8.97. The lowest BCUT2D eigenvalue weighted by Gasteiger charge is -2.16. The summed E-state index contributed by atoms with van der Waals surface area (Å²) in [6.07, 6.45) is 4.82. The maximum absolute atomic E-state index is 12.3. The number of rotatable bonds is 23. The van der Waals surface area contributed by atoms with Crippen LogP contribution in [-0.4, -0.2) is 105 Å². The van der Waals surface area contributed by atoms with Crippen LogP contribution in [0.3, 0.4) is 0 Å². The number of fused-ring (bicyclic) bond motifs is 1. The summed E-state index contributed by atoms with van der Waals surface area (Å²) in [5, 5.41) is 18.5. The van der Waals surface area contributed by atoms with Gasteiger partial charge in [0.2, 0.25) is 11.8 Å². The van der Waals surface area contributed by atoms with Gasteiger partial charge in [-0.15, -0.1) is 0 Å². The molecule has 13 nitrogen and oxygen atoms in total. The minimum absolute atomic E-state index is 0.0301. The molecule has 2 fully saturated rings. The Bertz CT molecular complexity index is 1050. The van der Waals surface area contributed by atoms with Crippen LogP contribution in [0.25, 0.3) is 0 Å². The number of amides is 4. The number of thioether (sulfide) groups is 1. The summed E-state index contributed by atoms with van der Waals surface area (Å²) in [6, 6.07) is 7.97. The van der Waals surface area contributed by atoms with Gasteiger partial charge in [0.15, 0.2) is 5.11 Å². The van der Waals surface area contributed by atoms with Crippen molar-refractivity contribution in [1.82, 2.24) is 26.6 Å². The van der Waals surface area contributed by atoms with E-state index in [9.17, 15) is 14.4 Å². The quantitative estimate of drug-likeness (QED) is 0.0508. The topological polar surface area (TPSA) is 177 Å². The molecule has 4 amide bonds. The van der Waals surface area contributed by atoms with Gasteiger partial charge in [0.25, 0.3) is 0 Å². The van der Waals surface area contributed by atoms with Gasteiger partial charge >= 0.3 is 6.03 Å². The molecule has 2 aliphatic heterocycles. The smallest absolute Gasteiger partial charge is 0.315 e. The Morgan fingerprint density at radius 3 is 2.33 bits per heavy atom. The molecule has 1 aromatic rings. The fourth-order valence-electron chi connectivity index (χ4n) is 4.80. The van der Waals surface area contributed by atoms with Crippen LogP contribution in [0.15, 0.2) is 24.3 Å². The number of anilines is 1. The maximum atomic E-state index is 12.3. The van der Waals surface area contributed by atoms with E-state index in [1.165, 1.54) is 0 Å². The van der Waals surface area contributed by atoms with Crippen LogP contribution in [0.1, 0.15) is 44.1 Å². The summed E-state index contributed by atoms with van der Waals surface area (Å²) < 4.78 is 16.3. The molecule has 2 aliphatic rings. The van der Waals surface area contributed by atoms with Gasteiger partial charge in [0.1, 0.15) is 0 Å². The van der Waals surface area contributed by atoms with E-state index in [1.54, 1.807) is 0 Å². The highest BCUT2D eigenvalue weighted by Gasteiger charge is 2.42. The maximum Gasteiger partial charge on any atom is 0.315 e. The molecule has 1 aromatic carbocycles. The van der Waals surface area contributed by atoms with Crippen molar-refractivity contribution in [3.8, 4) is 0 Å². The van der Waals surface area contributed by atoms with Gasteiger partial charge in [-0.3, -0.25) is 9.59 Å². The standard InChI is InChI=1S/C30H49N7O6S2/c31-11-3-13-41-15-17-43-18-16-42-14-4-12-32-27(39)20-34-30(44)35-23-9-7-22(8-10-23)19-33-26(38)6-2-1-5-25-28-24(21-45-25)36-29(40)37-28/h7-10,24-25,28H,1-6,11-21,31H2,(H,32,39)(H,33,38)(H2,34,35,44)(H2,36,37,40)/t24-,25-,28-/m0/s1. The summed E-state index contributed by atoms with van der Waals surface area (Å²) in [5.74, 6) is 0.822. The molecule has 8 N–H and O–H groups in total. The Kier molecular flexibility index (Phi) is 17.9. The van der Waals surface area contributed by atoms with Crippen molar-refractivity contribution in [2.45, 2.75) is 62.4 Å². The fraction of sp³-hybridized carbons (Fsp3) is 0.667. The molecule has 2 heterocycles. The first kappa shape index (κ1) is 36.8. The summed E-state index contributed by atoms with van der Waals surface area (Å²) in [4.78, 5) is 35.9. The number of urea groups is 1. The number of hydrogen-bond donors (Lipinski definition) is 7. The number of ether oxygens (including phenoxy) is 3. The molecule has 0 radical (unpaired) electrons. The zero-order chi connectivity index (χ0) is 32.1. The van der Waals surface area contributed by atoms with Gasteiger partial charge in [-0.25, -0.2) is 4.79 Å². The largest absolute Gasteiger partial charge is 0.379 e. The first-order valence-corrected chi connectivity index (χ1v) is 17.2. The zero-order valence-electron chi connectivity index (χ0n) is 25.9. The Morgan fingerprint density at radius 2 is 1.60 bits per heavy atom. The van der Waals surface area contributed by atoms with Gasteiger partial charge in [-0.05, 0) is 62.1 Å². The summed E-state index contributed by atoms with van der Waals surface area (Å²) in [5.41, 5.74) is 7.16. The average Bonchev–Trinajstić information content (AvgIpc) is 3.59. The number of nitrogens with two attached hydrogens (primary N) is 1. The molecule has 252 valence electrons. The van der Waals surface area contributed by atoms with Crippen LogP contribution in [0.5, 0.6) is 0 Å². The highest BCUT2D eigenvalue weighted by molar-refractivity contribution is 8.00. The first-order chi connectivity index (χ1) is 21.9. The number of carbonyl (C=O) groups excluding carboxylic acids is 3. The van der Waals surface area contributed by atoms with Gasteiger partial charge < -0.3 is 51.8 Å². The van der Waals surface area contributed by atoms with E-state index in [1.807, 2.05) is 36.0 Å². The second-order valence-electron chi connectivity index (χ2n) is 10.8. The predicted octanol–water partition coefficient (Wildman–Crippen LogP) is 1.22. The van der Waals surface area contributed by atoms with E-state index in [-0.39, 0.29) is 36.5 Å². The second kappa shape index (κ2) is 21.9. The van der Waals surface area contributed by atoms with Crippen LogP contribution in [0, 0.1) is 0 Å². The Hall–Kier alpha value is -2.69. The molecule has 3 atom stereocenters. The lowest BCUT2D eigenvalue weighted by Crippen LogP contribution is -2.39. The molecule has 3 rings (SSSR count). The van der Waals surface area contributed by atoms with E-state index in [4.69, 9.17) is 32.2 Å². The molecule has 0 unspecified atom stereocenters. The van der Waals surface area contributed by atoms with E-state index in [0.29, 0.717) is 82.5 Å². The van der Waals surface area contributed by atoms with Crippen molar-refractivity contribution in [3.63, 3.8) is 0 Å². The molecular weight excluding hydrogens is 619 g/mol. The Balaban J connectivity index is 1.13. The third-order valence-electron chi connectivity index (χ3n) is 7.22. The highest BCUT2D eigenvalue weighted by Crippen LogP contribution is 2.33. The molecule has 0 saturated carbocycles. The number of carbonyl (C=O) groups is 3. The predicted molar refractivity (Wildman–Crippen MR) is 180 cm³/mol. The molecule has 45 heavy (non-hydrogen) atoms. The third kappa shape index (κ3) is 15.4. The number of unbranched alkanes of at least 4 members (excludes halogenated alkanes) is 1. The first-order valence-electron chi connectivity index (χ1n) is 15.7. The molecule has 2 saturated heterocycles. The molecule has 0 spiro atoms. The van der Waals surface area contributed by atoms with Crippen molar-refractivity contribution < 1.29 is 28.6 Å². The lowest BCUT2D eigenvalue weighted by molar-refractivity contribution is -0.121.